The van der Waals surface area contributed by atoms with Crippen LogP contribution in [0.1, 0.15) is 19.3 Å². The summed E-state index contributed by atoms with van der Waals surface area (Å²) in [5, 5.41) is 11.4. The van der Waals surface area contributed by atoms with Crippen LogP contribution in [0.5, 0.6) is 0 Å². The van der Waals surface area contributed by atoms with Crippen molar-refractivity contribution in [1.29, 1.82) is 0 Å². The van der Waals surface area contributed by atoms with Crippen molar-refractivity contribution in [2.24, 2.45) is 0 Å². The van der Waals surface area contributed by atoms with Crippen molar-refractivity contribution in [3.63, 3.8) is 0 Å². The molecule has 0 spiro atoms. The molecule has 4 N–H and O–H groups in total. The molecule has 1 aromatic carbocycles. The van der Waals surface area contributed by atoms with E-state index in [0.717, 1.165) is 10.6 Å². The summed E-state index contributed by atoms with van der Waals surface area (Å²) in [6.45, 7) is 1.29. The highest BCUT2D eigenvalue weighted by Gasteiger charge is 2.43. The third-order valence-electron chi connectivity index (χ3n) is 5.38. The average Bonchev–Trinajstić information content (AvgIpc) is 3.16. The summed E-state index contributed by atoms with van der Waals surface area (Å²) in [4.78, 5) is 39.8. The number of amides is 4. The van der Waals surface area contributed by atoms with E-state index in [1.165, 1.54) is 0 Å². The van der Waals surface area contributed by atoms with Gasteiger partial charge in [0.15, 0.2) is 0 Å². The number of nitrogens with one attached hydrogen (secondary N) is 4. The Labute approximate surface area is 180 Å². The van der Waals surface area contributed by atoms with Crippen molar-refractivity contribution in [1.82, 2.24) is 20.9 Å². The first-order valence-corrected chi connectivity index (χ1v) is 11.2. The SMILES string of the molecule is C#CCNC(=O)CC[C@@H]1CNC(=O)[C@@H]2C[C@H](NC(=O)Nc3cccc(SC)c3)CN12. The van der Waals surface area contributed by atoms with Crippen molar-refractivity contribution >= 4 is 35.3 Å². The molecule has 3 atom stereocenters. The van der Waals surface area contributed by atoms with E-state index >= 15 is 0 Å². The number of rotatable bonds is 7. The van der Waals surface area contributed by atoms with E-state index in [2.05, 4.69) is 32.1 Å². The van der Waals surface area contributed by atoms with E-state index in [4.69, 9.17) is 6.42 Å². The third-order valence-corrected chi connectivity index (χ3v) is 6.10. The number of hydrogen-bond acceptors (Lipinski definition) is 5. The van der Waals surface area contributed by atoms with Crippen LogP contribution < -0.4 is 21.3 Å². The maximum atomic E-state index is 12.4. The van der Waals surface area contributed by atoms with E-state index in [0.29, 0.717) is 32.4 Å². The Morgan fingerprint density at radius 1 is 1.40 bits per heavy atom. The van der Waals surface area contributed by atoms with Gasteiger partial charge in [0.05, 0.1) is 12.6 Å². The number of thioether (sulfide) groups is 1. The van der Waals surface area contributed by atoms with Crippen molar-refractivity contribution in [3.05, 3.63) is 24.3 Å². The molecule has 30 heavy (non-hydrogen) atoms. The first kappa shape index (κ1) is 22.0. The predicted octanol–water partition coefficient (Wildman–Crippen LogP) is 1.00. The van der Waals surface area contributed by atoms with Crippen LogP contribution in [-0.2, 0) is 9.59 Å². The van der Waals surface area contributed by atoms with Gasteiger partial charge in [-0.05, 0) is 37.3 Å². The molecule has 3 rings (SSSR count). The van der Waals surface area contributed by atoms with E-state index in [-0.39, 0.29) is 42.5 Å². The zero-order valence-corrected chi connectivity index (χ0v) is 17.8. The minimum Gasteiger partial charge on any atom is -0.353 e. The Balaban J connectivity index is 1.53. The van der Waals surface area contributed by atoms with Gasteiger partial charge in [-0.25, -0.2) is 4.79 Å². The van der Waals surface area contributed by atoms with Gasteiger partial charge in [0.2, 0.25) is 11.8 Å². The fraction of sp³-hybridized carbons (Fsp3) is 0.476. The summed E-state index contributed by atoms with van der Waals surface area (Å²) < 4.78 is 0. The Morgan fingerprint density at radius 2 is 2.23 bits per heavy atom. The van der Waals surface area contributed by atoms with Crippen LogP contribution in [0.3, 0.4) is 0 Å². The highest BCUT2D eigenvalue weighted by molar-refractivity contribution is 7.98. The number of piperazine rings is 1. The predicted molar refractivity (Wildman–Crippen MR) is 117 cm³/mol. The van der Waals surface area contributed by atoms with Crippen molar-refractivity contribution < 1.29 is 14.4 Å². The topological polar surface area (TPSA) is 103 Å². The molecule has 2 saturated heterocycles. The van der Waals surface area contributed by atoms with Crippen LogP contribution in [-0.4, -0.2) is 66.8 Å². The van der Waals surface area contributed by atoms with Gasteiger partial charge in [0.1, 0.15) is 0 Å². The van der Waals surface area contributed by atoms with Gasteiger partial charge in [-0.15, -0.1) is 18.2 Å². The second-order valence-electron chi connectivity index (χ2n) is 7.39. The molecule has 0 bridgehead atoms. The largest absolute Gasteiger partial charge is 0.353 e. The number of nitrogens with zero attached hydrogens (tertiary/aromatic N) is 1. The Kier molecular flexibility index (Phi) is 7.60. The number of urea groups is 1. The summed E-state index contributed by atoms with van der Waals surface area (Å²) in [7, 11) is 0. The molecule has 160 valence electrons. The molecule has 0 aliphatic carbocycles. The van der Waals surface area contributed by atoms with Gasteiger partial charge in [0, 0.05) is 42.2 Å². The number of hydrogen-bond donors (Lipinski definition) is 4. The molecule has 2 fully saturated rings. The second kappa shape index (κ2) is 10.4. The summed E-state index contributed by atoms with van der Waals surface area (Å²) in [6.07, 6.45) is 8.65. The van der Waals surface area contributed by atoms with Crippen LogP contribution in [0.2, 0.25) is 0 Å². The number of terminal acetylenes is 1. The number of anilines is 1. The Morgan fingerprint density at radius 3 is 3.00 bits per heavy atom. The average molecular weight is 430 g/mol. The van der Waals surface area contributed by atoms with E-state index in [1.807, 2.05) is 30.5 Å². The van der Waals surface area contributed by atoms with Gasteiger partial charge in [-0.2, -0.15) is 0 Å². The molecule has 2 heterocycles. The third kappa shape index (κ3) is 5.68. The smallest absolute Gasteiger partial charge is 0.319 e. The summed E-state index contributed by atoms with van der Waals surface area (Å²) in [5.74, 6) is 2.26. The normalized spacial score (nSPS) is 23.1. The minimum atomic E-state index is -0.289. The Hall–Kier alpha value is -2.70. The first-order chi connectivity index (χ1) is 14.5. The number of carbonyl (C=O) groups excluding carboxylic acids is 3. The quantitative estimate of drug-likeness (QED) is 0.383. The molecular weight excluding hydrogens is 402 g/mol. The van der Waals surface area contributed by atoms with Crippen molar-refractivity contribution in [2.75, 3.05) is 31.2 Å². The first-order valence-electron chi connectivity index (χ1n) is 9.95. The number of carbonyl (C=O) groups is 3. The van der Waals surface area contributed by atoms with Crippen LogP contribution >= 0.6 is 11.8 Å². The van der Waals surface area contributed by atoms with Gasteiger partial charge in [-0.3, -0.25) is 14.5 Å². The maximum Gasteiger partial charge on any atom is 0.319 e. The summed E-state index contributed by atoms with van der Waals surface area (Å²) in [5.41, 5.74) is 0.726. The molecule has 0 unspecified atom stereocenters. The van der Waals surface area contributed by atoms with E-state index in [9.17, 15) is 14.4 Å². The Bertz CT molecular complexity index is 840. The van der Waals surface area contributed by atoms with Gasteiger partial charge >= 0.3 is 6.03 Å². The zero-order chi connectivity index (χ0) is 21.5. The highest BCUT2D eigenvalue weighted by Crippen LogP contribution is 2.26. The molecule has 9 heteroatoms. The molecule has 0 radical (unpaired) electrons. The van der Waals surface area contributed by atoms with Crippen LogP contribution in [0, 0.1) is 12.3 Å². The highest BCUT2D eigenvalue weighted by atomic mass is 32.2. The van der Waals surface area contributed by atoms with E-state index < -0.39 is 0 Å². The minimum absolute atomic E-state index is 0.0274. The van der Waals surface area contributed by atoms with Crippen LogP contribution in [0.4, 0.5) is 10.5 Å². The lowest BCUT2D eigenvalue weighted by molar-refractivity contribution is -0.129. The fourth-order valence-electron chi connectivity index (χ4n) is 3.94. The molecule has 0 aromatic heterocycles. The molecule has 8 nitrogen and oxygen atoms in total. The lowest BCUT2D eigenvalue weighted by Gasteiger charge is -2.37. The molecule has 4 amide bonds. The molecule has 2 aliphatic heterocycles. The lowest BCUT2D eigenvalue weighted by Crippen LogP contribution is -2.58. The lowest BCUT2D eigenvalue weighted by atomic mass is 10.0. The number of benzene rings is 1. The fourth-order valence-corrected chi connectivity index (χ4v) is 4.40. The standard InChI is InChI=1S/C21H27N5O3S/c1-3-9-22-19(27)8-7-16-12-23-20(28)18-11-15(13-26(16)18)25-21(29)24-14-5-4-6-17(10-14)30-2/h1,4-6,10,15-16,18H,7-9,11-13H2,2H3,(H,22,27)(H,23,28)(H2,24,25,29)/t15-,16+,18-/m0/s1. The van der Waals surface area contributed by atoms with Crippen molar-refractivity contribution in [2.45, 2.75) is 42.3 Å². The van der Waals surface area contributed by atoms with Gasteiger partial charge in [-0.1, -0.05) is 12.0 Å². The monoisotopic (exact) mass is 429 g/mol. The maximum absolute atomic E-state index is 12.4. The molecule has 0 saturated carbocycles. The second-order valence-corrected chi connectivity index (χ2v) is 8.27. The molecule has 2 aliphatic rings. The number of fused-ring (bicyclic) bond motifs is 1. The zero-order valence-electron chi connectivity index (χ0n) is 16.9. The summed E-state index contributed by atoms with van der Waals surface area (Å²) >= 11 is 1.61. The van der Waals surface area contributed by atoms with Crippen LogP contribution in [0.15, 0.2) is 29.2 Å². The van der Waals surface area contributed by atoms with Crippen molar-refractivity contribution in [3.8, 4) is 12.3 Å². The molecule has 1 aromatic rings. The van der Waals surface area contributed by atoms with Gasteiger partial charge in [0.25, 0.3) is 0 Å². The summed E-state index contributed by atoms with van der Waals surface area (Å²) in [6, 6.07) is 6.97. The van der Waals surface area contributed by atoms with Crippen LogP contribution in [0.25, 0.3) is 0 Å². The van der Waals surface area contributed by atoms with Gasteiger partial charge < -0.3 is 21.3 Å². The molecular formula is C21H27N5O3S. The van der Waals surface area contributed by atoms with E-state index in [1.54, 1.807) is 11.8 Å².